The molecule has 1 amide bonds. The first kappa shape index (κ1) is 22.6. The number of aliphatic hydroxyl groups excluding tert-OH is 1. The number of aromatic nitrogens is 1. The van der Waals surface area contributed by atoms with Gasteiger partial charge in [0.1, 0.15) is 6.04 Å². The zero-order chi connectivity index (χ0) is 23.9. The number of carbonyl (C=O) groups is 2. The molecule has 3 heterocycles. The maximum absolute atomic E-state index is 13.6. The third-order valence-corrected chi connectivity index (χ3v) is 8.10. The number of pyridine rings is 1. The highest BCUT2D eigenvalue weighted by Gasteiger charge is 2.65. The summed E-state index contributed by atoms with van der Waals surface area (Å²) >= 11 is 1.53. The largest absolute Gasteiger partial charge is 0.451 e. The molecule has 1 unspecified atom stereocenters. The highest BCUT2D eigenvalue weighted by atomic mass is 32.2. The number of carbonyl (C=O) groups excluding carboxylic acids is 2. The van der Waals surface area contributed by atoms with E-state index in [1.807, 2.05) is 74.5 Å². The van der Waals surface area contributed by atoms with Crippen LogP contribution in [-0.4, -0.2) is 43.0 Å². The van der Waals surface area contributed by atoms with Crippen LogP contribution >= 0.6 is 11.8 Å². The van der Waals surface area contributed by atoms with Crippen LogP contribution in [-0.2, 0) is 14.3 Å². The topological polar surface area (TPSA) is 79.7 Å². The molecule has 174 valence electrons. The first-order valence-electron chi connectivity index (χ1n) is 11.3. The number of aliphatic hydroxyl groups is 1. The van der Waals surface area contributed by atoms with E-state index < -0.39 is 34.9 Å². The van der Waals surface area contributed by atoms with Gasteiger partial charge in [0, 0.05) is 17.1 Å². The molecule has 34 heavy (non-hydrogen) atoms. The molecule has 6 nitrogen and oxygen atoms in total. The van der Waals surface area contributed by atoms with E-state index in [9.17, 15) is 14.7 Å². The summed E-state index contributed by atoms with van der Waals surface area (Å²) in [6.45, 7) is 3.89. The van der Waals surface area contributed by atoms with E-state index in [1.54, 1.807) is 29.4 Å². The number of hydrogen-bond acceptors (Lipinski definition) is 6. The van der Waals surface area contributed by atoms with Gasteiger partial charge in [-0.05, 0) is 36.6 Å². The molecule has 2 saturated heterocycles. The van der Waals surface area contributed by atoms with Crippen molar-refractivity contribution in [2.75, 3.05) is 0 Å². The maximum Gasteiger partial charge on any atom is 0.331 e. The number of thioether (sulfide) groups is 1. The van der Waals surface area contributed by atoms with Crippen LogP contribution in [0, 0.1) is 5.92 Å². The lowest BCUT2D eigenvalue weighted by atomic mass is 9.85. The van der Waals surface area contributed by atoms with E-state index in [4.69, 9.17) is 4.74 Å². The lowest BCUT2D eigenvalue weighted by Crippen LogP contribution is -2.64. The Morgan fingerprint density at radius 1 is 1.00 bits per heavy atom. The summed E-state index contributed by atoms with van der Waals surface area (Å²) in [4.78, 5) is 32.4. The second-order valence-corrected chi connectivity index (χ2v) is 10.9. The van der Waals surface area contributed by atoms with Crippen LogP contribution in [0.1, 0.15) is 42.7 Å². The van der Waals surface area contributed by atoms with Crippen molar-refractivity contribution in [2.45, 2.75) is 42.2 Å². The Labute approximate surface area is 203 Å². The Kier molecular flexibility index (Phi) is 5.91. The summed E-state index contributed by atoms with van der Waals surface area (Å²) in [6, 6.07) is 21.9. The molecular formula is C27H26N2O4S. The normalized spacial score (nSPS) is 23.8. The summed E-state index contributed by atoms with van der Waals surface area (Å²) in [6.07, 6.45) is 1.65. The van der Waals surface area contributed by atoms with Gasteiger partial charge < -0.3 is 14.7 Å². The van der Waals surface area contributed by atoms with Crippen molar-refractivity contribution in [1.29, 1.82) is 0 Å². The summed E-state index contributed by atoms with van der Waals surface area (Å²) in [5.41, 5.74) is 2.32. The van der Waals surface area contributed by atoms with E-state index in [-0.39, 0.29) is 11.3 Å². The second kappa shape index (κ2) is 8.89. The number of rotatable bonds is 6. The SMILES string of the molecule is CC1(C)S[C@@H]2[C@H](C(O)c3cccnc3)C(=O)N2[C@H]1C(=O)OC(c1ccccc1)c1ccccc1. The standard InChI is InChI=1S/C27H26N2O4S/c1-27(2)23(29-24(31)20(25(29)34-27)21(30)19-14-9-15-28-16-19)26(32)33-22(17-10-5-3-6-11-17)18-12-7-4-8-13-18/h3-16,20-23,25,30H,1-2H3/t20-,21?,23+,25-/m1/s1. The number of esters is 1. The van der Waals surface area contributed by atoms with Gasteiger partial charge in [0.25, 0.3) is 0 Å². The van der Waals surface area contributed by atoms with Crippen LogP contribution in [0.4, 0.5) is 0 Å². The first-order chi connectivity index (χ1) is 16.4. The van der Waals surface area contributed by atoms with Gasteiger partial charge in [0.2, 0.25) is 5.91 Å². The minimum absolute atomic E-state index is 0.239. The van der Waals surface area contributed by atoms with Crippen molar-refractivity contribution in [3.8, 4) is 0 Å². The lowest BCUT2D eigenvalue weighted by molar-refractivity contribution is -0.173. The van der Waals surface area contributed by atoms with E-state index in [2.05, 4.69) is 4.98 Å². The van der Waals surface area contributed by atoms with Gasteiger partial charge in [-0.15, -0.1) is 11.8 Å². The van der Waals surface area contributed by atoms with Crippen LogP contribution in [0.3, 0.4) is 0 Å². The smallest absolute Gasteiger partial charge is 0.331 e. The molecule has 0 spiro atoms. The monoisotopic (exact) mass is 474 g/mol. The second-order valence-electron chi connectivity index (χ2n) is 9.16. The molecule has 0 saturated carbocycles. The zero-order valence-corrected chi connectivity index (χ0v) is 19.8. The average Bonchev–Trinajstić information content (AvgIpc) is 3.11. The van der Waals surface area contributed by atoms with Crippen molar-refractivity contribution < 1.29 is 19.4 Å². The Balaban J connectivity index is 1.40. The predicted molar refractivity (Wildman–Crippen MR) is 130 cm³/mol. The molecule has 7 heteroatoms. The highest BCUT2D eigenvalue weighted by molar-refractivity contribution is 8.01. The predicted octanol–water partition coefficient (Wildman–Crippen LogP) is 4.13. The van der Waals surface area contributed by atoms with Crippen molar-refractivity contribution in [3.05, 3.63) is 102 Å². The molecule has 3 aromatic rings. The molecule has 2 fully saturated rings. The highest BCUT2D eigenvalue weighted by Crippen LogP contribution is 2.56. The molecule has 5 rings (SSSR count). The van der Waals surface area contributed by atoms with Crippen molar-refractivity contribution >= 4 is 23.6 Å². The fourth-order valence-corrected chi connectivity index (χ4v) is 6.55. The number of β-lactam (4-membered cyclic amide) rings is 1. The summed E-state index contributed by atoms with van der Waals surface area (Å²) in [5, 5.41) is 10.6. The number of fused-ring (bicyclic) bond motifs is 1. The molecule has 1 N–H and O–H groups in total. The van der Waals surface area contributed by atoms with Gasteiger partial charge in [-0.1, -0.05) is 66.7 Å². The summed E-state index contributed by atoms with van der Waals surface area (Å²) in [7, 11) is 0. The molecule has 2 aromatic carbocycles. The van der Waals surface area contributed by atoms with Crippen LogP contribution < -0.4 is 0 Å². The third kappa shape index (κ3) is 3.89. The Morgan fingerprint density at radius 2 is 1.59 bits per heavy atom. The number of ether oxygens (including phenoxy) is 1. The number of amides is 1. The molecule has 0 aliphatic carbocycles. The lowest BCUT2D eigenvalue weighted by Gasteiger charge is -2.46. The number of hydrogen-bond donors (Lipinski definition) is 1. The van der Waals surface area contributed by atoms with Crippen LogP contribution in [0.25, 0.3) is 0 Å². The van der Waals surface area contributed by atoms with Gasteiger partial charge in [0.05, 0.1) is 17.4 Å². The van der Waals surface area contributed by atoms with Crippen LogP contribution in [0.5, 0.6) is 0 Å². The van der Waals surface area contributed by atoms with Crippen molar-refractivity contribution in [2.24, 2.45) is 5.92 Å². The minimum atomic E-state index is -0.970. The van der Waals surface area contributed by atoms with Gasteiger partial charge in [-0.2, -0.15) is 0 Å². The van der Waals surface area contributed by atoms with E-state index >= 15 is 0 Å². The maximum atomic E-state index is 13.6. The Bertz CT molecular complexity index is 1130. The molecular weight excluding hydrogens is 448 g/mol. The molecule has 2 aliphatic rings. The summed E-state index contributed by atoms with van der Waals surface area (Å²) in [5.74, 6) is -1.30. The molecule has 2 aliphatic heterocycles. The van der Waals surface area contributed by atoms with E-state index in [0.29, 0.717) is 5.56 Å². The van der Waals surface area contributed by atoms with E-state index in [0.717, 1.165) is 11.1 Å². The van der Waals surface area contributed by atoms with E-state index in [1.165, 1.54) is 11.8 Å². The number of nitrogens with zero attached hydrogens (tertiary/aromatic N) is 2. The third-order valence-electron chi connectivity index (χ3n) is 6.51. The first-order valence-corrected chi connectivity index (χ1v) is 12.1. The quantitative estimate of drug-likeness (QED) is 0.428. The molecule has 1 aromatic heterocycles. The molecule has 0 radical (unpaired) electrons. The number of benzene rings is 2. The van der Waals surface area contributed by atoms with Gasteiger partial charge in [-0.3, -0.25) is 9.78 Å². The fourth-order valence-electron chi connectivity index (χ4n) is 4.84. The molecule has 4 atom stereocenters. The molecule has 0 bridgehead atoms. The van der Waals surface area contributed by atoms with Gasteiger partial charge in [0.15, 0.2) is 6.10 Å². The minimum Gasteiger partial charge on any atom is -0.451 e. The van der Waals surface area contributed by atoms with Crippen molar-refractivity contribution in [3.63, 3.8) is 0 Å². The van der Waals surface area contributed by atoms with Crippen LogP contribution in [0.2, 0.25) is 0 Å². The van der Waals surface area contributed by atoms with Crippen molar-refractivity contribution in [1.82, 2.24) is 9.88 Å². The van der Waals surface area contributed by atoms with Gasteiger partial charge >= 0.3 is 5.97 Å². The Morgan fingerprint density at radius 3 is 2.15 bits per heavy atom. The summed E-state index contributed by atoms with van der Waals surface area (Å²) < 4.78 is 5.53. The van der Waals surface area contributed by atoms with Gasteiger partial charge in [-0.25, -0.2) is 4.79 Å². The zero-order valence-electron chi connectivity index (χ0n) is 18.9. The average molecular weight is 475 g/mol. The fraction of sp³-hybridized carbons (Fsp3) is 0.296. The Hall–Kier alpha value is -3.16. The van der Waals surface area contributed by atoms with Crippen LogP contribution in [0.15, 0.2) is 85.2 Å².